The number of hydrogen-bond donors (Lipinski definition) is 2. The summed E-state index contributed by atoms with van der Waals surface area (Å²) in [5.41, 5.74) is 6.83. The topological polar surface area (TPSA) is 112 Å². The van der Waals surface area contributed by atoms with Crippen molar-refractivity contribution < 1.29 is 23.8 Å². The van der Waals surface area contributed by atoms with Gasteiger partial charge in [0.15, 0.2) is 0 Å². The average Bonchev–Trinajstić information content (AvgIpc) is 2.66. The fraction of sp³-hybridized carbons (Fsp3) is 0.200. The van der Waals surface area contributed by atoms with Crippen molar-refractivity contribution >= 4 is 34.2 Å². The summed E-state index contributed by atoms with van der Waals surface area (Å²) in [4.78, 5) is 24.3. The molecule has 0 aliphatic carbocycles. The Labute approximate surface area is 165 Å². The standard InChI is InChI=1S/C20H18ClNO6/c1-3-10-4-12-11(5-19(24)28-18(12)8-16(10)23)9-27-20(25)13-6-14(21)15(22)7-17(13)26-2/h4-8,23H,3,9,22H2,1-2H3. The van der Waals surface area contributed by atoms with Gasteiger partial charge in [0, 0.05) is 29.1 Å². The van der Waals surface area contributed by atoms with Gasteiger partial charge < -0.3 is 24.7 Å². The zero-order chi connectivity index (χ0) is 20.4. The van der Waals surface area contributed by atoms with Gasteiger partial charge in [0.25, 0.3) is 0 Å². The second-order valence-corrected chi connectivity index (χ2v) is 6.48. The average molecular weight is 404 g/mol. The van der Waals surface area contributed by atoms with Crippen molar-refractivity contribution in [2.24, 2.45) is 0 Å². The molecule has 0 amide bonds. The highest BCUT2D eigenvalue weighted by molar-refractivity contribution is 6.33. The van der Waals surface area contributed by atoms with Crippen molar-refractivity contribution in [2.45, 2.75) is 20.0 Å². The quantitative estimate of drug-likeness (QED) is 0.379. The van der Waals surface area contributed by atoms with Crippen molar-refractivity contribution in [3.8, 4) is 11.5 Å². The number of carbonyl (C=O) groups is 1. The Kier molecular flexibility index (Phi) is 5.46. The Balaban J connectivity index is 1.95. The van der Waals surface area contributed by atoms with Crippen LogP contribution in [-0.2, 0) is 17.8 Å². The molecule has 0 unspecified atom stereocenters. The molecule has 0 bridgehead atoms. The molecule has 0 saturated heterocycles. The summed E-state index contributed by atoms with van der Waals surface area (Å²) in [6.45, 7) is 1.71. The van der Waals surface area contributed by atoms with Crippen LogP contribution in [0.3, 0.4) is 0 Å². The molecule has 3 rings (SSSR count). The molecule has 8 heteroatoms. The number of phenolic OH excluding ortho intramolecular Hbond substituents is 1. The summed E-state index contributed by atoms with van der Waals surface area (Å²) in [6.07, 6.45) is 0.585. The SMILES string of the molecule is CCc1cc2c(COC(=O)c3cc(Cl)c(N)cc3OC)cc(=O)oc2cc1O. The van der Waals surface area contributed by atoms with E-state index in [0.29, 0.717) is 22.9 Å². The molecule has 3 N–H and O–H groups in total. The lowest BCUT2D eigenvalue weighted by molar-refractivity contribution is 0.0470. The first kappa shape index (κ1) is 19.6. The molecule has 28 heavy (non-hydrogen) atoms. The number of ether oxygens (including phenoxy) is 2. The number of halogens is 1. The summed E-state index contributed by atoms with van der Waals surface area (Å²) >= 11 is 5.99. The molecular weight excluding hydrogens is 386 g/mol. The first-order chi connectivity index (χ1) is 13.3. The van der Waals surface area contributed by atoms with E-state index in [0.717, 1.165) is 0 Å². The maximum Gasteiger partial charge on any atom is 0.342 e. The minimum absolute atomic E-state index is 0.0357. The van der Waals surface area contributed by atoms with Gasteiger partial charge in [-0.25, -0.2) is 9.59 Å². The monoisotopic (exact) mass is 403 g/mol. The summed E-state index contributed by atoms with van der Waals surface area (Å²) in [5.74, 6) is -0.425. The van der Waals surface area contributed by atoms with Crippen LogP contribution >= 0.6 is 11.6 Å². The second kappa shape index (κ2) is 7.82. The predicted octanol–water partition coefficient (Wildman–Crippen LogP) is 3.66. The van der Waals surface area contributed by atoms with Crippen LogP contribution in [0.4, 0.5) is 5.69 Å². The van der Waals surface area contributed by atoms with Gasteiger partial charge in [0.05, 0.1) is 17.8 Å². The Morgan fingerprint density at radius 1 is 1.21 bits per heavy atom. The number of methoxy groups -OCH3 is 1. The van der Waals surface area contributed by atoms with Crippen LogP contribution in [0.5, 0.6) is 11.5 Å². The van der Waals surface area contributed by atoms with Crippen molar-refractivity contribution in [2.75, 3.05) is 12.8 Å². The molecule has 0 aliphatic rings. The molecule has 3 aromatic rings. The number of nitrogen functional groups attached to an aromatic ring is 1. The number of esters is 1. The first-order valence-electron chi connectivity index (χ1n) is 8.42. The molecule has 7 nitrogen and oxygen atoms in total. The van der Waals surface area contributed by atoms with Crippen LogP contribution in [0.2, 0.25) is 5.02 Å². The number of rotatable bonds is 5. The zero-order valence-electron chi connectivity index (χ0n) is 15.2. The lowest BCUT2D eigenvalue weighted by Crippen LogP contribution is -2.10. The number of benzene rings is 2. The molecule has 146 valence electrons. The van der Waals surface area contributed by atoms with Crippen molar-refractivity contribution in [1.82, 2.24) is 0 Å². The smallest absolute Gasteiger partial charge is 0.342 e. The minimum atomic E-state index is -0.686. The number of carbonyl (C=O) groups excluding carboxylic acids is 1. The van der Waals surface area contributed by atoms with E-state index < -0.39 is 11.6 Å². The van der Waals surface area contributed by atoms with Gasteiger partial charge in [-0.1, -0.05) is 18.5 Å². The molecule has 1 aromatic heterocycles. The second-order valence-electron chi connectivity index (χ2n) is 6.07. The maximum atomic E-state index is 12.5. The lowest BCUT2D eigenvalue weighted by atomic mass is 10.0. The number of phenols is 1. The molecular formula is C20H18ClNO6. The van der Waals surface area contributed by atoms with Crippen LogP contribution in [0, 0.1) is 0 Å². The summed E-state index contributed by atoms with van der Waals surface area (Å²) in [5, 5.41) is 10.7. The Hall–Kier alpha value is -3.19. The van der Waals surface area contributed by atoms with E-state index in [1.807, 2.05) is 6.92 Å². The van der Waals surface area contributed by atoms with Gasteiger partial charge in [-0.15, -0.1) is 0 Å². The van der Waals surface area contributed by atoms with E-state index >= 15 is 0 Å². The van der Waals surface area contributed by atoms with Crippen molar-refractivity contribution in [1.29, 1.82) is 0 Å². The van der Waals surface area contributed by atoms with Crippen LogP contribution in [-0.4, -0.2) is 18.2 Å². The van der Waals surface area contributed by atoms with Gasteiger partial charge >= 0.3 is 11.6 Å². The van der Waals surface area contributed by atoms with Gasteiger partial charge in [0.2, 0.25) is 0 Å². The molecule has 2 aromatic carbocycles. The first-order valence-corrected chi connectivity index (χ1v) is 8.80. The highest BCUT2D eigenvalue weighted by atomic mass is 35.5. The number of aryl methyl sites for hydroxylation is 1. The van der Waals surface area contributed by atoms with Gasteiger partial charge in [-0.2, -0.15) is 0 Å². The zero-order valence-corrected chi connectivity index (χ0v) is 16.0. The number of nitrogens with two attached hydrogens (primary N) is 1. The molecule has 0 atom stereocenters. The van der Waals surface area contributed by atoms with Crippen LogP contribution < -0.4 is 16.1 Å². The van der Waals surface area contributed by atoms with Gasteiger partial charge in [-0.05, 0) is 24.1 Å². The highest BCUT2D eigenvalue weighted by Crippen LogP contribution is 2.30. The lowest BCUT2D eigenvalue weighted by Gasteiger charge is -2.12. The van der Waals surface area contributed by atoms with E-state index in [1.54, 1.807) is 6.07 Å². The van der Waals surface area contributed by atoms with Gasteiger partial charge in [0.1, 0.15) is 29.3 Å². The normalized spacial score (nSPS) is 10.8. The Bertz CT molecular complexity index is 1120. The third-order valence-corrected chi connectivity index (χ3v) is 4.64. The van der Waals surface area contributed by atoms with E-state index in [1.165, 1.54) is 31.4 Å². The number of aromatic hydroxyl groups is 1. The number of fused-ring (bicyclic) bond motifs is 1. The number of hydrogen-bond acceptors (Lipinski definition) is 7. The molecule has 0 radical (unpaired) electrons. The highest BCUT2D eigenvalue weighted by Gasteiger charge is 2.18. The fourth-order valence-electron chi connectivity index (χ4n) is 2.83. The molecule has 0 saturated carbocycles. The molecule has 0 fully saturated rings. The summed E-state index contributed by atoms with van der Waals surface area (Å²) in [7, 11) is 1.40. The Morgan fingerprint density at radius 3 is 2.64 bits per heavy atom. The Morgan fingerprint density at radius 2 is 1.96 bits per heavy atom. The van der Waals surface area contributed by atoms with Gasteiger partial charge in [-0.3, -0.25) is 0 Å². The van der Waals surface area contributed by atoms with E-state index in [2.05, 4.69) is 0 Å². The number of anilines is 1. The maximum absolute atomic E-state index is 12.5. The van der Waals surface area contributed by atoms with Crippen molar-refractivity contribution in [3.63, 3.8) is 0 Å². The third-order valence-electron chi connectivity index (χ3n) is 4.31. The summed E-state index contributed by atoms with van der Waals surface area (Å²) in [6, 6.07) is 7.13. The predicted molar refractivity (Wildman–Crippen MR) is 105 cm³/mol. The largest absolute Gasteiger partial charge is 0.508 e. The molecule has 1 heterocycles. The van der Waals surface area contributed by atoms with Crippen molar-refractivity contribution in [3.05, 3.63) is 62.5 Å². The molecule has 0 aliphatic heterocycles. The molecule has 0 spiro atoms. The fourth-order valence-corrected chi connectivity index (χ4v) is 2.99. The van der Waals surface area contributed by atoms with Crippen LogP contribution in [0.15, 0.2) is 39.5 Å². The third kappa shape index (κ3) is 3.75. The van der Waals surface area contributed by atoms with Crippen LogP contribution in [0.25, 0.3) is 11.0 Å². The van der Waals surface area contributed by atoms with Crippen LogP contribution in [0.1, 0.15) is 28.4 Å². The van der Waals surface area contributed by atoms with E-state index in [9.17, 15) is 14.7 Å². The summed E-state index contributed by atoms with van der Waals surface area (Å²) < 4.78 is 15.6. The van der Waals surface area contributed by atoms with E-state index in [4.69, 9.17) is 31.2 Å². The minimum Gasteiger partial charge on any atom is -0.508 e. The van der Waals surface area contributed by atoms with E-state index in [-0.39, 0.29) is 40.0 Å².